The SMILES string of the molecule is CCCCCCCC/C=C\CCCCCCCC(N)=O.CCCCCCCCOCCCCCCCC. The summed E-state index contributed by atoms with van der Waals surface area (Å²) in [6.45, 7) is 8.77. The maximum atomic E-state index is 10.5. The van der Waals surface area contributed by atoms with Crippen LogP contribution >= 0.6 is 0 Å². The summed E-state index contributed by atoms with van der Waals surface area (Å²) in [6, 6.07) is 0. The van der Waals surface area contributed by atoms with Crippen LogP contribution in [0.2, 0.25) is 0 Å². The monoisotopic (exact) mass is 524 g/mol. The molecule has 222 valence electrons. The highest BCUT2D eigenvalue weighted by Crippen LogP contribution is 2.10. The highest BCUT2D eigenvalue weighted by atomic mass is 16.5. The molecular formula is C34H69NO2. The average molecular weight is 524 g/mol. The topological polar surface area (TPSA) is 52.3 Å². The minimum Gasteiger partial charge on any atom is -0.381 e. The molecule has 0 atom stereocenters. The summed E-state index contributed by atoms with van der Waals surface area (Å²) in [5, 5.41) is 0. The van der Waals surface area contributed by atoms with Gasteiger partial charge >= 0.3 is 0 Å². The number of carbonyl (C=O) groups is 1. The first-order chi connectivity index (χ1) is 18.2. The van der Waals surface area contributed by atoms with Gasteiger partial charge in [0.15, 0.2) is 0 Å². The number of unbranched alkanes of at least 4 members (excludes halogenated alkanes) is 21. The van der Waals surface area contributed by atoms with Crippen LogP contribution in [0.25, 0.3) is 0 Å². The van der Waals surface area contributed by atoms with Gasteiger partial charge in [-0.25, -0.2) is 0 Å². The van der Waals surface area contributed by atoms with Crippen LogP contribution in [-0.2, 0) is 9.53 Å². The fourth-order valence-electron chi connectivity index (χ4n) is 4.44. The Hall–Kier alpha value is -0.830. The lowest BCUT2D eigenvalue weighted by Gasteiger charge is -2.04. The second kappa shape index (κ2) is 37.3. The lowest BCUT2D eigenvalue weighted by atomic mass is 10.1. The molecule has 3 nitrogen and oxygen atoms in total. The van der Waals surface area contributed by atoms with Gasteiger partial charge in [-0.2, -0.15) is 0 Å². The van der Waals surface area contributed by atoms with Crippen LogP contribution in [0.4, 0.5) is 0 Å². The second-order valence-corrected chi connectivity index (χ2v) is 10.9. The van der Waals surface area contributed by atoms with E-state index in [9.17, 15) is 4.79 Å². The molecule has 0 heterocycles. The Kier molecular flexibility index (Phi) is 38.7. The number of nitrogens with two attached hydrogens (primary N) is 1. The summed E-state index contributed by atoms with van der Waals surface area (Å²) in [5.41, 5.74) is 5.10. The minimum atomic E-state index is -0.164. The average Bonchev–Trinajstić information content (AvgIpc) is 2.89. The first kappa shape index (κ1) is 38.3. The zero-order chi connectivity index (χ0) is 27.5. The zero-order valence-corrected chi connectivity index (χ0v) is 25.8. The molecule has 0 unspecified atom stereocenters. The summed E-state index contributed by atoms with van der Waals surface area (Å²) in [6.07, 6.45) is 38.3. The van der Waals surface area contributed by atoms with E-state index in [4.69, 9.17) is 10.5 Å². The molecule has 37 heavy (non-hydrogen) atoms. The van der Waals surface area contributed by atoms with Gasteiger partial charge < -0.3 is 10.5 Å². The molecule has 0 saturated heterocycles. The summed E-state index contributed by atoms with van der Waals surface area (Å²) in [7, 11) is 0. The van der Waals surface area contributed by atoms with Crippen molar-refractivity contribution in [2.45, 2.75) is 188 Å². The van der Waals surface area contributed by atoms with E-state index in [0.717, 1.165) is 26.1 Å². The first-order valence-electron chi connectivity index (χ1n) is 16.7. The normalized spacial score (nSPS) is 11.1. The molecule has 3 heteroatoms. The minimum absolute atomic E-state index is 0.164. The van der Waals surface area contributed by atoms with Crippen molar-refractivity contribution in [2.75, 3.05) is 13.2 Å². The second-order valence-electron chi connectivity index (χ2n) is 10.9. The Balaban J connectivity index is 0. The van der Waals surface area contributed by atoms with Crippen LogP contribution in [0.5, 0.6) is 0 Å². The van der Waals surface area contributed by atoms with E-state index >= 15 is 0 Å². The fourth-order valence-corrected chi connectivity index (χ4v) is 4.44. The number of ether oxygens (including phenoxy) is 1. The van der Waals surface area contributed by atoms with E-state index in [-0.39, 0.29) is 5.91 Å². The number of hydrogen-bond acceptors (Lipinski definition) is 2. The number of primary amides is 1. The van der Waals surface area contributed by atoms with E-state index in [0.29, 0.717) is 6.42 Å². The first-order valence-corrected chi connectivity index (χ1v) is 16.7. The van der Waals surface area contributed by atoms with Gasteiger partial charge in [0.1, 0.15) is 0 Å². The van der Waals surface area contributed by atoms with E-state index in [1.807, 2.05) is 0 Å². The van der Waals surface area contributed by atoms with Crippen molar-refractivity contribution in [2.24, 2.45) is 5.73 Å². The predicted molar refractivity (Wildman–Crippen MR) is 166 cm³/mol. The van der Waals surface area contributed by atoms with Gasteiger partial charge in [-0.1, -0.05) is 148 Å². The lowest BCUT2D eigenvalue weighted by Crippen LogP contribution is -2.09. The van der Waals surface area contributed by atoms with Crippen LogP contribution in [0, 0.1) is 0 Å². The Bertz CT molecular complexity index is 422. The van der Waals surface area contributed by atoms with Gasteiger partial charge in [0.05, 0.1) is 0 Å². The van der Waals surface area contributed by atoms with Gasteiger partial charge in [0.2, 0.25) is 5.91 Å². The summed E-state index contributed by atoms with van der Waals surface area (Å²) < 4.78 is 5.65. The Morgan fingerprint density at radius 3 is 1.19 bits per heavy atom. The third-order valence-corrected chi connectivity index (χ3v) is 6.97. The molecule has 0 spiro atoms. The molecule has 0 aromatic carbocycles. The molecule has 0 aliphatic rings. The standard InChI is InChI=1S/C18H35NO.C16H34O/c1-2-3-4-5-6-7-8-9-10-11-12-13-14-15-16-17-18(19)20;1-3-5-7-9-11-13-15-17-16-14-12-10-8-6-4-2/h9-10H,2-8,11-17H2,1H3,(H2,19,20);3-16H2,1-2H3/b10-9-;. The Labute approximate surface area is 234 Å². The molecule has 0 saturated carbocycles. The molecule has 0 aliphatic heterocycles. The van der Waals surface area contributed by atoms with E-state index in [1.54, 1.807) is 0 Å². The number of rotatable bonds is 29. The van der Waals surface area contributed by atoms with Gasteiger partial charge in [-0.15, -0.1) is 0 Å². The van der Waals surface area contributed by atoms with Gasteiger partial charge in [0.25, 0.3) is 0 Å². The smallest absolute Gasteiger partial charge is 0.217 e. The lowest BCUT2D eigenvalue weighted by molar-refractivity contribution is -0.118. The van der Waals surface area contributed by atoms with Crippen LogP contribution in [0.15, 0.2) is 12.2 Å². The van der Waals surface area contributed by atoms with Crippen molar-refractivity contribution in [3.8, 4) is 0 Å². The largest absolute Gasteiger partial charge is 0.381 e. The van der Waals surface area contributed by atoms with Crippen LogP contribution in [0.3, 0.4) is 0 Å². The van der Waals surface area contributed by atoms with E-state index in [2.05, 4.69) is 32.9 Å². The number of hydrogen-bond donors (Lipinski definition) is 1. The van der Waals surface area contributed by atoms with Gasteiger partial charge in [-0.3, -0.25) is 4.79 Å². The fraction of sp³-hybridized carbons (Fsp3) is 0.912. The zero-order valence-electron chi connectivity index (χ0n) is 25.8. The molecule has 0 rings (SSSR count). The molecule has 0 bridgehead atoms. The molecule has 0 aromatic heterocycles. The third-order valence-electron chi connectivity index (χ3n) is 6.97. The van der Waals surface area contributed by atoms with Crippen molar-refractivity contribution >= 4 is 5.91 Å². The molecule has 1 amide bonds. The summed E-state index contributed by atoms with van der Waals surface area (Å²) >= 11 is 0. The van der Waals surface area contributed by atoms with Crippen molar-refractivity contribution in [1.29, 1.82) is 0 Å². The van der Waals surface area contributed by atoms with Crippen LogP contribution < -0.4 is 5.73 Å². The molecule has 0 fully saturated rings. The van der Waals surface area contributed by atoms with E-state index in [1.165, 1.54) is 148 Å². The van der Waals surface area contributed by atoms with Crippen LogP contribution in [-0.4, -0.2) is 19.1 Å². The maximum Gasteiger partial charge on any atom is 0.217 e. The third kappa shape index (κ3) is 42.5. The van der Waals surface area contributed by atoms with Crippen molar-refractivity contribution < 1.29 is 9.53 Å². The number of amides is 1. The predicted octanol–water partition coefficient (Wildman–Crippen LogP) is 11.2. The van der Waals surface area contributed by atoms with Crippen molar-refractivity contribution in [1.82, 2.24) is 0 Å². The molecule has 2 N–H and O–H groups in total. The number of allylic oxidation sites excluding steroid dienone is 2. The maximum absolute atomic E-state index is 10.5. The summed E-state index contributed by atoms with van der Waals surface area (Å²) in [5.74, 6) is -0.164. The Morgan fingerprint density at radius 2 is 0.811 bits per heavy atom. The van der Waals surface area contributed by atoms with E-state index < -0.39 is 0 Å². The molecular weight excluding hydrogens is 454 g/mol. The van der Waals surface area contributed by atoms with Gasteiger partial charge in [0, 0.05) is 19.6 Å². The number of carbonyl (C=O) groups excluding carboxylic acids is 1. The highest BCUT2D eigenvalue weighted by Gasteiger charge is 1.95. The molecule has 0 aliphatic carbocycles. The van der Waals surface area contributed by atoms with Gasteiger partial charge in [-0.05, 0) is 44.9 Å². The van der Waals surface area contributed by atoms with Crippen molar-refractivity contribution in [3.05, 3.63) is 12.2 Å². The molecule has 0 radical (unpaired) electrons. The Morgan fingerprint density at radius 1 is 0.486 bits per heavy atom. The summed E-state index contributed by atoms with van der Waals surface area (Å²) in [4.78, 5) is 10.5. The molecule has 0 aromatic rings. The quantitative estimate of drug-likeness (QED) is 0.0782. The van der Waals surface area contributed by atoms with Crippen molar-refractivity contribution in [3.63, 3.8) is 0 Å². The highest BCUT2D eigenvalue weighted by molar-refractivity contribution is 5.73. The van der Waals surface area contributed by atoms with Crippen LogP contribution in [0.1, 0.15) is 188 Å².